The van der Waals surface area contributed by atoms with Crippen molar-refractivity contribution >= 4 is 22.5 Å². The van der Waals surface area contributed by atoms with Crippen LogP contribution < -0.4 is 23.8 Å². The van der Waals surface area contributed by atoms with Crippen molar-refractivity contribution in [3.8, 4) is 51.0 Å². The van der Waals surface area contributed by atoms with Crippen LogP contribution in [-0.4, -0.2) is 40.5 Å². The van der Waals surface area contributed by atoms with Crippen molar-refractivity contribution in [2.24, 2.45) is 10.8 Å². The van der Waals surface area contributed by atoms with Crippen molar-refractivity contribution in [1.82, 2.24) is 0 Å². The van der Waals surface area contributed by atoms with Crippen molar-refractivity contribution in [3.63, 3.8) is 0 Å². The van der Waals surface area contributed by atoms with Crippen molar-refractivity contribution in [1.29, 1.82) is 0 Å². The van der Waals surface area contributed by atoms with Gasteiger partial charge in [0.05, 0.1) is 27.4 Å². The summed E-state index contributed by atoms with van der Waals surface area (Å²) < 4.78 is 32.0. The van der Waals surface area contributed by atoms with E-state index in [9.17, 15) is 0 Å². The first-order chi connectivity index (χ1) is 31.5. The molecule has 6 nitrogen and oxygen atoms in total. The quantitative estimate of drug-likeness (QED) is 0.152. The highest BCUT2D eigenvalue weighted by atomic mass is 16.5. The number of hydrogen-bond donors (Lipinski definition) is 0. The predicted octanol–water partition coefficient (Wildman–Crippen LogP) is 14.0. The minimum atomic E-state index is -0.969. The number of nitrogens with zero attached hydrogens (tertiary/aromatic N) is 1. The fraction of sp³-hybridized carbons (Fsp3) is 0.288. The number of methoxy groups -OCH3 is 2. The Morgan fingerprint density at radius 1 is 0.585 bits per heavy atom. The fourth-order valence-corrected chi connectivity index (χ4v) is 12.4. The molecule has 328 valence electrons. The molecule has 1 unspecified atom stereocenters. The molecule has 1 atom stereocenters. The van der Waals surface area contributed by atoms with E-state index in [1.165, 1.54) is 27.9 Å². The third kappa shape index (κ3) is 6.96. The van der Waals surface area contributed by atoms with Crippen LogP contribution in [0.5, 0.6) is 28.7 Å². The third-order valence-corrected chi connectivity index (χ3v) is 14.4. The molecular weight excluding hydrogens is 803 g/mol. The van der Waals surface area contributed by atoms with Crippen LogP contribution in [0.4, 0.5) is 5.69 Å². The standard InChI is InChI=1S/C59H57NO5/c1-56(2)36-57(3,4)38-58(37-56)51-15-11-10-14-46(51)53-49-34-48(39-16-24-43(61-5)25-17-39)52(64-45-12-8-7-9-13-45)35-50(49)55-47(54(53)58)28-29-59(65-55,41-20-26-44(62-6)27-21-41)40-18-22-42(23-19-40)60-30-32-63-33-31-60/h7-29,34-35H,30-33,36-38H2,1-6H3. The highest BCUT2D eigenvalue weighted by Crippen LogP contribution is 2.67. The maximum absolute atomic E-state index is 7.97. The van der Waals surface area contributed by atoms with Gasteiger partial charge in [-0.25, -0.2) is 0 Å². The zero-order valence-corrected chi connectivity index (χ0v) is 38.4. The number of rotatable bonds is 8. The van der Waals surface area contributed by atoms with Gasteiger partial charge in [-0.2, -0.15) is 0 Å². The molecule has 1 spiro atoms. The summed E-state index contributed by atoms with van der Waals surface area (Å²) in [7, 11) is 3.42. The van der Waals surface area contributed by atoms with Crippen LogP contribution in [0.3, 0.4) is 0 Å². The molecule has 0 bridgehead atoms. The van der Waals surface area contributed by atoms with Crippen molar-refractivity contribution in [2.75, 3.05) is 45.4 Å². The monoisotopic (exact) mass is 859 g/mol. The number of anilines is 1. The van der Waals surface area contributed by atoms with Crippen LogP contribution in [0.25, 0.3) is 39.1 Å². The number of hydrogen-bond acceptors (Lipinski definition) is 6. The fourth-order valence-electron chi connectivity index (χ4n) is 12.4. The van der Waals surface area contributed by atoms with Crippen LogP contribution in [0.1, 0.15) is 74.8 Å². The van der Waals surface area contributed by atoms with Crippen molar-refractivity contribution in [2.45, 2.75) is 58.0 Å². The van der Waals surface area contributed by atoms with Gasteiger partial charge >= 0.3 is 0 Å². The lowest BCUT2D eigenvalue weighted by Crippen LogP contribution is -2.44. The summed E-state index contributed by atoms with van der Waals surface area (Å²) in [6.45, 7) is 13.1. The topological polar surface area (TPSA) is 49.4 Å². The molecule has 0 radical (unpaired) electrons. The molecule has 7 aromatic carbocycles. The van der Waals surface area contributed by atoms with Gasteiger partial charge < -0.3 is 28.6 Å². The minimum Gasteiger partial charge on any atom is -0.497 e. The summed E-state index contributed by atoms with van der Waals surface area (Å²) in [5, 5.41) is 2.16. The maximum atomic E-state index is 7.97. The second-order valence-corrected chi connectivity index (χ2v) is 20.1. The molecule has 1 saturated heterocycles. The Morgan fingerprint density at radius 2 is 1.20 bits per heavy atom. The van der Waals surface area contributed by atoms with Crippen LogP contribution in [0.15, 0.2) is 146 Å². The molecule has 2 aliphatic carbocycles. The second kappa shape index (κ2) is 15.6. The van der Waals surface area contributed by atoms with Crippen LogP contribution in [0.2, 0.25) is 0 Å². The molecule has 6 heteroatoms. The lowest BCUT2D eigenvalue weighted by atomic mass is 9.52. The zero-order chi connectivity index (χ0) is 44.6. The van der Waals surface area contributed by atoms with E-state index in [2.05, 4.69) is 130 Å². The summed E-state index contributed by atoms with van der Waals surface area (Å²) in [5.74, 6) is 3.98. The van der Waals surface area contributed by atoms with Crippen LogP contribution in [0, 0.1) is 10.8 Å². The van der Waals surface area contributed by atoms with E-state index in [0.717, 1.165) is 113 Å². The summed E-state index contributed by atoms with van der Waals surface area (Å²) in [4.78, 5) is 2.40. The SMILES string of the molecule is COc1ccc(-c2cc3c4c(c5c(c3cc2Oc2ccccc2)OC(c2ccc(OC)cc2)(c2ccc(N3CCOCC3)cc2)C=C5)C2(CC(C)(C)CC(C)(C)C2)c2ccccc2-4)cc1. The molecule has 0 aromatic heterocycles. The molecule has 11 rings (SSSR count). The highest BCUT2D eigenvalue weighted by molar-refractivity contribution is 6.11. The van der Waals surface area contributed by atoms with E-state index in [0.29, 0.717) is 0 Å². The minimum absolute atomic E-state index is 0.0915. The van der Waals surface area contributed by atoms with E-state index in [4.69, 9.17) is 23.7 Å². The summed E-state index contributed by atoms with van der Waals surface area (Å²) in [6.07, 6.45) is 7.94. The van der Waals surface area contributed by atoms with E-state index in [1.807, 2.05) is 54.6 Å². The largest absolute Gasteiger partial charge is 0.497 e. The van der Waals surface area contributed by atoms with Gasteiger partial charge in [0.1, 0.15) is 28.7 Å². The molecule has 0 amide bonds. The number of fused-ring (bicyclic) bond motifs is 10. The maximum Gasteiger partial charge on any atom is 0.178 e. The first kappa shape index (κ1) is 41.2. The number of ether oxygens (including phenoxy) is 5. The van der Waals surface area contributed by atoms with Crippen molar-refractivity contribution in [3.05, 3.63) is 173 Å². The summed E-state index contributed by atoms with van der Waals surface area (Å²) in [6, 6.07) is 49.6. The lowest BCUT2D eigenvalue weighted by molar-refractivity contribution is 0.0642. The Labute approximate surface area is 383 Å². The van der Waals surface area contributed by atoms with Gasteiger partial charge in [-0.15, -0.1) is 0 Å². The Bertz CT molecular complexity index is 2930. The number of para-hydroxylation sites is 1. The lowest BCUT2D eigenvalue weighted by Gasteiger charge is -2.52. The first-order valence-corrected chi connectivity index (χ1v) is 23.1. The Balaban J connectivity index is 1.22. The Kier molecular flexibility index (Phi) is 9.89. The Morgan fingerprint density at radius 3 is 1.86 bits per heavy atom. The number of benzene rings is 7. The highest BCUT2D eigenvalue weighted by Gasteiger charge is 2.55. The van der Waals surface area contributed by atoms with E-state index in [-0.39, 0.29) is 16.2 Å². The molecule has 2 fully saturated rings. The molecule has 1 saturated carbocycles. The molecule has 7 aromatic rings. The van der Waals surface area contributed by atoms with Gasteiger partial charge in [-0.3, -0.25) is 0 Å². The molecule has 4 aliphatic rings. The van der Waals surface area contributed by atoms with Crippen LogP contribution >= 0.6 is 0 Å². The average Bonchev–Trinajstić information content (AvgIpc) is 3.59. The van der Waals surface area contributed by atoms with Crippen molar-refractivity contribution < 1.29 is 23.7 Å². The molecule has 0 N–H and O–H groups in total. The van der Waals surface area contributed by atoms with Gasteiger partial charge in [0.25, 0.3) is 0 Å². The second-order valence-electron chi connectivity index (χ2n) is 20.1. The van der Waals surface area contributed by atoms with E-state index >= 15 is 0 Å². The number of morpholine rings is 1. The predicted molar refractivity (Wildman–Crippen MR) is 263 cm³/mol. The van der Waals surface area contributed by atoms with Gasteiger partial charge in [-0.1, -0.05) is 113 Å². The van der Waals surface area contributed by atoms with E-state index < -0.39 is 5.60 Å². The normalized spacial score (nSPS) is 19.8. The molecule has 65 heavy (non-hydrogen) atoms. The molecule has 2 heterocycles. The molecule has 2 aliphatic heterocycles. The zero-order valence-electron chi connectivity index (χ0n) is 38.4. The average molecular weight is 860 g/mol. The van der Waals surface area contributed by atoms with Gasteiger partial charge in [0.2, 0.25) is 0 Å². The van der Waals surface area contributed by atoms with Gasteiger partial charge in [0, 0.05) is 51.8 Å². The Hall–Kier alpha value is -6.50. The van der Waals surface area contributed by atoms with Gasteiger partial charge in [-0.05, 0) is 130 Å². The molecular formula is C59H57NO5. The smallest absolute Gasteiger partial charge is 0.178 e. The first-order valence-electron chi connectivity index (χ1n) is 23.1. The summed E-state index contributed by atoms with van der Waals surface area (Å²) in [5.41, 5.74) is 10.8. The van der Waals surface area contributed by atoms with Gasteiger partial charge in [0.15, 0.2) is 5.60 Å². The third-order valence-electron chi connectivity index (χ3n) is 14.4. The van der Waals surface area contributed by atoms with E-state index in [1.54, 1.807) is 14.2 Å². The van der Waals surface area contributed by atoms with Crippen LogP contribution in [-0.2, 0) is 15.8 Å². The summed E-state index contributed by atoms with van der Waals surface area (Å²) >= 11 is 0.